The second-order valence-electron chi connectivity index (χ2n) is 3.27. The van der Waals surface area contributed by atoms with Gasteiger partial charge < -0.3 is 14.5 Å². The molecule has 0 saturated carbocycles. The number of aromatic nitrogens is 5. The number of aromatic amines is 2. The molecular weight excluding hydrogens is 220 g/mol. The normalized spacial score (nSPS) is 10.3. The van der Waals surface area contributed by atoms with Gasteiger partial charge in [-0.2, -0.15) is 10.2 Å². The van der Waals surface area contributed by atoms with Gasteiger partial charge in [-0.3, -0.25) is 0 Å². The Balaban J connectivity index is 1.98. The molecule has 0 aromatic carbocycles. The summed E-state index contributed by atoms with van der Waals surface area (Å²) >= 11 is 0. The number of H-pyrrole nitrogens is 2. The molecule has 0 spiro atoms. The molecule has 0 radical (unpaired) electrons. The highest BCUT2D eigenvalue weighted by Gasteiger charge is 2.13. The van der Waals surface area contributed by atoms with Crippen LogP contribution in [-0.4, -0.2) is 25.1 Å². The highest BCUT2D eigenvalue weighted by Crippen LogP contribution is 2.20. The van der Waals surface area contributed by atoms with Crippen molar-refractivity contribution >= 4 is 0 Å². The molecule has 3 aromatic rings. The molecule has 3 rings (SSSR count). The van der Waals surface area contributed by atoms with Crippen molar-refractivity contribution < 1.29 is 4.52 Å². The third-order valence-corrected chi connectivity index (χ3v) is 2.19. The SMILES string of the molecule is N#Cc1cc(-c2nc(-c3ncc[nH]3)no2)c[nH]1. The smallest absolute Gasteiger partial charge is 0.259 e. The Kier molecular flexibility index (Phi) is 1.98. The summed E-state index contributed by atoms with van der Waals surface area (Å²) in [6.07, 6.45) is 4.92. The lowest BCUT2D eigenvalue weighted by atomic mass is 10.3. The summed E-state index contributed by atoms with van der Waals surface area (Å²) in [7, 11) is 0. The minimum atomic E-state index is 0.342. The molecule has 0 fully saturated rings. The zero-order valence-corrected chi connectivity index (χ0v) is 8.51. The standard InChI is InChI=1S/C10H6N6O/c11-4-7-3-6(5-14-7)10-15-9(16-17-10)8-12-1-2-13-8/h1-3,5,14H,(H,12,13). The van der Waals surface area contributed by atoms with Crippen molar-refractivity contribution in [2.24, 2.45) is 0 Å². The number of nitriles is 1. The zero-order valence-electron chi connectivity index (χ0n) is 8.51. The van der Waals surface area contributed by atoms with Crippen molar-refractivity contribution in [2.45, 2.75) is 0 Å². The molecule has 0 amide bonds. The van der Waals surface area contributed by atoms with Crippen LogP contribution in [0.15, 0.2) is 29.2 Å². The van der Waals surface area contributed by atoms with E-state index in [0.29, 0.717) is 28.8 Å². The van der Waals surface area contributed by atoms with E-state index in [1.807, 2.05) is 6.07 Å². The van der Waals surface area contributed by atoms with Gasteiger partial charge in [0.1, 0.15) is 11.8 Å². The van der Waals surface area contributed by atoms with E-state index in [2.05, 4.69) is 25.1 Å². The monoisotopic (exact) mass is 226 g/mol. The van der Waals surface area contributed by atoms with Crippen LogP contribution in [0.3, 0.4) is 0 Å². The van der Waals surface area contributed by atoms with E-state index in [-0.39, 0.29) is 0 Å². The predicted octanol–water partition coefficient (Wildman–Crippen LogP) is 1.33. The quantitative estimate of drug-likeness (QED) is 0.685. The number of nitrogens with one attached hydrogen (secondary N) is 2. The first-order valence-electron chi connectivity index (χ1n) is 4.79. The summed E-state index contributed by atoms with van der Waals surface area (Å²) in [6.45, 7) is 0. The summed E-state index contributed by atoms with van der Waals surface area (Å²) in [5.74, 6) is 1.26. The zero-order chi connectivity index (χ0) is 11.7. The minimum Gasteiger partial charge on any atom is -0.352 e. The summed E-state index contributed by atoms with van der Waals surface area (Å²) in [5, 5.41) is 12.5. The Morgan fingerprint density at radius 2 is 2.29 bits per heavy atom. The summed E-state index contributed by atoms with van der Waals surface area (Å²) in [5.41, 5.74) is 1.12. The molecule has 0 unspecified atom stereocenters. The lowest BCUT2D eigenvalue weighted by Crippen LogP contribution is -1.82. The lowest BCUT2D eigenvalue weighted by Gasteiger charge is -1.83. The Hall–Kier alpha value is -2.88. The average molecular weight is 226 g/mol. The van der Waals surface area contributed by atoms with Crippen molar-refractivity contribution in [3.63, 3.8) is 0 Å². The van der Waals surface area contributed by atoms with E-state index in [0.717, 1.165) is 0 Å². The molecule has 2 N–H and O–H groups in total. The summed E-state index contributed by atoms with van der Waals surface area (Å²) < 4.78 is 5.08. The van der Waals surface area contributed by atoms with Gasteiger partial charge in [-0.05, 0) is 6.07 Å². The topological polar surface area (TPSA) is 107 Å². The highest BCUT2D eigenvalue weighted by molar-refractivity contribution is 5.57. The first kappa shape index (κ1) is 9.35. The molecule has 0 atom stereocenters. The second kappa shape index (κ2) is 3.61. The highest BCUT2D eigenvalue weighted by atomic mass is 16.5. The molecule has 0 aliphatic rings. The molecule has 82 valence electrons. The molecular formula is C10H6N6O. The third-order valence-electron chi connectivity index (χ3n) is 2.19. The van der Waals surface area contributed by atoms with Crippen LogP contribution in [0, 0.1) is 11.3 Å². The van der Waals surface area contributed by atoms with Gasteiger partial charge in [0.25, 0.3) is 5.89 Å². The Labute approximate surface area is 95.1 Å². The molecule has 17 heavy (non-hydrogen) atoms. The molecule has 3 aromatic heterocycles. The van der Waals surface area contributed by atoms with Crippen molar-refractivity contribution in [3.05, 3.63) is 30.4 Å². The summed E-state index contributed by atoms with van der Waals surface area (Å²) in [4.78, 5) is 13.8. The van der Waals surface area contributed by atoms with Gasteiger partial charge in [0.15, 0.2) is 5.82 Å². The third kappa shape index (κ3) is 1.57. The van der Waals surface area contributed by atoms with Crippen molar-refractivity contribution in [2.75, 3.05) is 0 Å². The van der Waals surface area contributed by atoms with E-state index in [4.69, 9.17) is 9.78 Å². The lowest BCUT2D eigenvalue weighted by molar-refractivity contribution is 0.432. The van der Waals surface area contributed by atoms with Gasteiger partial charge in [-0.25, -0.2) is 4.98 Å². The maximum atomic E-state index is 8.69. The second-order valence-corrected chi connectivity index (χ2v) is 3.27. The largest absolute Gasteiger partial charge is 0.352 e. The molecule has 0 aliphatic carbocycles. The van der Waals surface area contributed by atoms with Crippen molar-refractivity contribution in [1.82, 2.24) is 25.1 Å². The molecule has 7 nitrogen and oxygen atoms in total. The van der Waals surface area contributed by atoms with Gasteiger partial charge >= 0.3 is 0 Å². The Bertz CT molecular complexity index is 672. The van der Waals surface area contributed by atoms with E-state index < -0.39 is 0 Å². The fourth-order valence-electron chi connectivity index (χ4n) is 1.41. The van der Waals surface area contributed by atoms with Crippen LogP contribution < -0.4 is 0 Å². The van der Waals surface area contributed by atoms with Crippen LogP contribution >= 0.6 is 0 Å². The number of hydrogen-bond donors (Lipinski definition) is 2. The van der Waals surface area contributed by atoms with Gasteiger partial charge in [0.2, 0.25) is 5.82 Å². The first-order valence-corrected chi connectivity index (χ1v) is 4.79. The Morgan fingerprint density at radius 3 is 3.00 bits per heavy atom. The number of imidazole rings is 1. The van der Waals surface area contributed by atoms with Crippen molar-refractivity contribution in [1.29, 1.82) is 5.26 Å². The van der Waals surface area contributed by atoms with E-state index in [9.17, 15) is 0 Å². The van der Waals surface area contributed by atoms with Gasteiger partial charge in [-0.15, -0.1) is 0 Å². The van der Waals surface area contributed by atoms with Crippen LogP contribution in [0.4, 0.5) is 0 Å². The van der Waals surface area contributed by atoms with Crippen molar-refractivity contribution in [3.8, 4) is 29.2 Å². The van der Waals surface area contributed by atoms with Crippen LogP contribution in [-0.2, 0) is 0 Å². The molecule has 7 heteroatoms. The Morgan fingerprint density at radius 1 is 1.35 bits per heavy atom. The number of rotatable bonds is 2. The first-order chi connectivity index (χ1) is 8.36. The van der Waals surface area contributed by atoms with E-state index >= 15 is 0 Å². The van der Waals surface area contributed by atoms with Gasteiger partial charge in [0, 0.05) is 18.6 Å². The maximum absolute atomic E-state index is 8.69. The fraction of sp³-hybridized carbons (Fsp3) is 0. The fourth-order valence-corrected chi connectivity index (χ4v) is 1.41. The minimum absolute atomic E-state index is 0.342. The van der Waals surface area contributed by atoms with Crippen LogP contribution in [0.5, 0.6) is 0 Å². The molecule has 3 heterocycles. The number of hydrogen-bond acceptors (Lipinski definition) is 5. The van der Waals surface area contributed by atoms with E-state index in [1.54, 1.807) is 24.7 Å². The average Bonchev–Trinajstić information content (AvgIpc) is 3.09. The number of nitrogens with zero attached hydrogens (tertiary/aromatic N) is 4. The molecule has 0 bridgehead atoms. The molecule has 0 saturated heterocycles. The van der Waals surface area contributed by atoms with Gasteiger partial charge in [-0.1, -0.05) is 5.16 Å². The molecule has 0 aliphatic heterocycles. The van der Waals surface area contributed by atoms with Crippen LogP contribution in [0.25, 0.3) is 23.1 Å². The maximum Gasteiger partial charge on any atom is 0.259 e. The van der Waals surface area contributed by atoms with E-state index in [1.165, 1.54) is 0 Å². The predicted molar refractivity (Wildman–Crippen MR) is 56.4 cm³/mol. The van der Waals surface area contributed by atoms with Gasteiger partial charge in [0.05, 0.1) is 5.56 Å². The van der Waals surface area contributed by atoms with Crippen LogP contribution in [0.2, 0.25) is 0 Å². The van der Waals surface area contributed by atoms with Crippen LogP contribution in [0.1, 0.15) is 5.69 Å². The summed E-state index contributed by atoms with van der Waals surface area (Å²) in [6, 6.07) is 3.63.